The monoisotopic (exact) mass is 843 g/mol. The van der Waals surface area contributed by atoms with Gasteiger partial charge in [-0.15, -0.1) is 17.7 Å². The minimum atomic E-state index is -0.259. The first-order valence-electron chi connectivity index (χ1n) is 17.9. The fraction of sp³-hybridized carbons (Fsp3) is 0.333. The molecule has 0 aliphatic heterocycles. The summed E-state index contributed by atoms with van der Waals surface area (Å²) in [6, 6.07) is 29.5. The van der Waals surface area contributed by atoms with E-state index in [1.165, 1.54) is 33.5 Å². The van der Waals surface area contributed by atoms with Crippen molar-refractivity contribution in [1.82, 2.24) is 4.98 Å². The second-order valence-electron chi connectivity index (χ2n) is 14.1. The van der Waals surface area contributed by atoms with Crippen molar-refractivity contribution in [2.24, 2.45) is 11.8 Å². The molecular weight excluding hydrogens is 795 g/mol. The number of nitrogens with zero attached hydrogens (tertiary/aromatic N) is 1. The van der Waals surface area contributed by atoms with Crippen LogP contribution in [0, 0.1) is 31.7 Å². The normalized spacial score (nSPS) is 13.4. The van der Waals surface area contributed by atoms with E-state index < -0.39 is 0 Å². The molecule has 0 spiro atoms. The van der Waals surface area contributed by atoms with Gasteiger partial charge in [-0.3, -0.25) is 9.78 Å². The third kappa shape index (κ3) is 6.59. The van der Waals surface area contributed by atoms with E-state index in [4.69, 9.17) is 9.40 Å². The van der Waals surface area contributed by atoms with Gasteiger partial charge in [0.25, 0.3) is 0 Å². The van der Waals surface area contributed by atoms with E-state index in [2.05, 4.69) is 100 Å². The molecule has 0 amide bonds. The SMILES string of the molecule is CCC(CC)C(=O)/C=C(\O)C(CC)CC.Cc1ccc2nc3c(cc2c1)C(C)(C)c1ccc(-c2ccccc2)c2oc4c(C)c[c-]c-3c4c12.[Ir]. The number of carbonyl (C=O) groups excluding carboxylic acids is 1. The first-order chi connectivity index (χ1) is 23.5. The van der Waals surface area contributed by atoms with Gasteiger partial charge in [-0.05, 0) is 72.3 Å². The molecule has 50 heavy (non-hydrogen) atoms. The molecule has 6 aromatic rings. The summed E-state index contributed by atoms with van der Waals surface area (Å²) in [6.45, 7) is 16.9. The number of furan rings is 1. The predicted molar refractivity (Wildman–Crippen MR) is 204 cm³/mol. The van der Waals surface area contributed by atoms with E-state index in [1.54, 1.807) is 0 Å². The molecule has 1 radical (unpaired) electrons. The van der Waals surface area contributed by atoms with Crippen LogP contribution in [0.2, 0.25) is 0 Å². The summed E-state index contributed by atoms with van der Waals surface area (Å²) < 4.78 is 6.69. The number of ketones is 1. The molecule has 0 unspecified atom stereocenters. The first-order valence-corrected chi connectivity index (χ1v) is 17.9. The predicted octanol–water partition coefficient (Wildman–Crippen LogP) is 12.4. The fourth-order valence-corrected chi connectivity index (χ4v) is 7.48. The Kier molecular flexibility index (Phi) is 11.2. The van der Waals surface area contributed by atoms with E-state index in [0.717, 1.165) is 75.7 Å². The first kappa shape index (κ1) is 37.2. The molecule has 0 bridgehead atoms. The molecule has 0 saturated carbocycles. The molecule has 0 saturated heterocycles. The second-order valence-corrected chi connectivity index (χ2v) is 14.1. The Morgan fingerprint density at radius 2 is 1.54 bits per heavy atom. The minimum Gasteiger partial charge on any atom is -0.512 e. The van der Waals surface area contributed by atoms with Gasteiger partial charge >= 0.3 is 0 Å². The summed E-state index contributed by atoms with van der Waals surface area (Å²) in [5, 5.41) is 13.3. The van der Waals surface area contributed by atoms with E-state index in [9.17, 15) is 9.90 Å². The van der Waals surface area contributed by atoms with Gasteiger partial charge in [-0.2, -0.15) is 0 Å². The number of aliphatic hydroxyl groups is 1. The van der Waals surface area contributed by atoms with E-state index in [1.807, 2.05) is 33.8 Å². The quantitative estimate of drug-likeness (QED) is 0.0942. The second kappa shape index (κ2) is 15.1. The molecule has 0 fully saturated rings. The van der Waals surface area contributed by atoms with Crippen molar-refractivity contribution < 1.29 is 34.4 Å². The van der Waals surface area contributed by atoms with Crippen molar-refractivity contribution in [3.63, 3.8) is 0 Å². The number of hydrogen-bond donors (Lipinski definition) is 1. The van der Waals surface area contributed by atoms with Crippen LogP contribution < -0.4 is 0 Å². The van der Waals surface area contributed by atoms with E-state index >= 15 is 0 Å². The van der Waals surface area contributed by atoms with E-state index in [0.29, 0.717) is 0 Å². The van der Waals surface area contributed by atoms with Gasteiger partial charge < -0.3 is 9.52 Å². The number of aromatic nitrogens is 1. The molecule has 5 heteroatoms. The van der Waals surface area contributed by atoms with Gasteiger partial charge in [-0.1, -0.05) is 125 Å². The van der Waals surface area contributed by atoms with Gasteiger partial charge in [0.1, 0.15) is 5.58 Å². The number of allylic oxidation sites excluding steroid dienone is 2. The van der Waals surface area contributed by atoms with E-state index in [-0.39, 0.29) is 48.9 Å². The number of fused-ring (bicyclic) bond motifs is 3. The maximum Gasteiger partial charge on any atom is 0.162 e. The standard InChI is InChI=1S/C32H24NO.C13H24O2.Ir/c1-18-10-15-26-21(16-18)17-25-29(33-26)23-12-11-19(2)30-27(23)28-24(32(25,3)4)14-13-22(31(28)34-30)20-8-6-5-7-9-20;1-5-10(6-2)12(14)9-13(15)11(7-3)8-4;/h5-11,13-17H,1-4H3;9-11,14H,5-8H2,1-4H3;/q-1;;/b;12-9-;. The van der Waals surface area contributed by atoms with Gasteiger partial charge in [0.15, 0.2) is 5.78 Å². The van der Waals surface area contributed by atoms with Gasteiger partial charge in [0.2, 0.25) is 0 Å². The average molecular weight is 843 g/mol. The molecule has 2 aromatic heterocycles. The van der Waals surface area contributed by atoms with Crippen molar-refractivity contribution >= 4 is 38.6 Å². The van der Waals surface area contributed by atoms with Crippen LogP contribution in [0.15, 0.2) is 89.0 Å². The number of hydrogen-bond acceptors (Lipinski definition) is 4. The largest absolute Gasteiger partial charge is 0.512 e. The molecule has 1 aliphatic carbocycles. The van der Waals surface area contributed by atoms with Gasteiger partial charge in [0, 0.05) is 49.0 Å². The Morgan fingerprint density at radius 1 is 0.860 bits per heavy atom. The van der Waals surface area contributed by atoms with Crippen molar-refractivity contribution in [2.75, 3.05) is 0 Å². The molecule has 4 nitrogen and oxygen atoms in total. The third-order valence-electron chi connectivity index (χ3n) is 10.6. The summed E-state index contributed by atoms with van der Waals surface area (Å²) in [4.78, 5) is 16.9. The number of aliphatic hydroxyl groups excluding tert-OH is 1. The fourth-order valence-electron chi connectivity index (χ4n) is 7.48. The van der Waals surface area contributed by atoms with Crippen LogP contribution in [-0.2, 0) is 30.3 Å². The van der Waals surface area contributed by atoms with Crippen LogP contribution in [-0.4, -0.2) is 15.9 Å². The molecule has 1 N–H and O–H groups in total. The summed E-state index contributed by atoms with van der Waals surface area (Å²) in [5.74, 6) is 0.547. The molecule has 7 rings (SSSR count). The van der Waals surface area contributed by atoms with Crippen LogP contribution in [0.4, 0.5) is 0 Å². The molecular formula is C45H48IrNO3-. The van der Waals surface area contributed by atoms with Crippen LogP contribution in [0.25, 0.3) is 55.2 Å². The molecule has 2 heterocycles. The van der Waals surface area contributed by atoms with Crippen molar-refractivity contribution in [3.8, 4) is 22.4 Å². The Morgan fingerprint density at radius 3 is 2.20 bits per heavy atom. The smallest absolute Gasteiger partial charge is 0.162 e. The molecule has 261 valence electrons. The van der Waals surface area contributed by atoms with Crippen molar-refractivity contribution in [2.45, 2.75) is 86.5 Å². The minimum absolute atomic E-state index is 0. The van der Waals surface area contributed by atoms with Crippen LogP contribution in [0.5, 0.6) is 0 Å². The zero-order chi connectivity index (χ0) is 35.0. The summed E-state index contributed by atoms with van der Waals surface area (Å²) in [7, 11) is 0. The van der Waals surface area contributed by atoms with Gasteiger partial charge in [0.05, 0.1) is 16.9 Å². The average Bonchev–Trinajstić information content (AvgIpc) is 3.48. The van der Waals surface area contributed by atoms with Gasteiger partial charge in [-0.25, -0.2) is 0 Å². The number of pyridine rings is 1. The number of carbonyl (C=O) groups is 1. The molecule has 4 aromatic carbocycles. The Bertz CT molecular complexity index is 2200. The van der Waals surface area contributed by atoms with Crippen LogP contribution in [0.1, 0.15) is 89.5 Å². The van der Waals surface area contributed by atoms with Crippen LogP contribution in [0.3, 0.4) is 0 Å². The topological polar surface area (TPSA) is 63.3 Å². The Balaban J connectivity index is 0.000000261. The molecule has 1 aliphatic rings. The number of rotatable bonds is 8. The van der Waals surface area contributed by atoms with Crippen molar-refractivity contribution in [3.05, 3.63) is 113 Å². The maximum atomic E-state index is 11.7. The molecule has 0 atom stereocenters. The number of benzene rings is 4. The van der Waals surface area contributed by atoms with Crippen LogP contribution >= 0.6 is 0 Å². The zero-order valence-electron chi connectivity index (χ0n) is 30.5. The number of aryl methyl sites for hydroxylation is 2. The maximum absolute atomic E-state index is 11.7. The summed E-state index contributed by atoms with van der Waals surface area (Å²) in [5.41, 5.74) is 11.8. The third-order valence-corrected chi connectivity index (χ3v) is 10.6. The summed E-state index contributed by atoms with van der Waals surface area (Å²) in [6.07, 6.45) is 4.91. The Labute approximate surface area is 310 Å². The van der Waals surface area contributed by atoms with Crippen molar-refractivity contribution in [1.29, 1.82) is 0 Å². The Hall–Kier alpha value is -4.05. The zero-order valence-corrected chi connectivity index (χ0v) is 32.9. The summed E-state index contributed by atoms with van der Waals surface area (Å²) >= 11 is 0.